The molecule has 0 fully saturated rings. The smallest absolute Gasteiger partial charge is 0.331 e. The third-order valence-electron chi connectivity index (χ3n) is 1.64. The second-order valence-corrected chi connectivity index (χ2v) is 5.20. The van der Waals surface area contributed by atoms with E-state index in [-0.39, 0.29) is 5.97 Å². The number of carbonyl (C=O) groups is 1. The molecule has 0 aromatic carbocycles. The molecule has 1 atom stereocenters. The van der Waals surface area contributed by atoms with E-state index in [1.807, 2.05) is 47.6 Å². The zero-order valence-corrected chi connectivity index (χ0v) is 11.4. The van der Waals surface area contributed by atoms with Crippen molar-refractivity contribution < 1.29 is 9.53 Å². The number of hydrogen-bond acceptors (Lipinski definition) is 3. The molecule has 3 heteroatoms. The van der Waals surface area contributed by atoms with Crippen molar-refractivity contribution in [1.29, 1.82) is 0 Å². The molecule has 16 heavy (non-hydrogen) atoms. The van der Waals surface area contributed by atoms with E-state index in [9.17, 15) is 4.79 Å². The van der Waals surface area contributed by atoms with Crippen molar-refractivity contribution in [2.75, 3.05) is 0 Å². The fourth-order valence-electron chi connectivity index (χ4n) is 1.20. The summed E-state index contributed by atoms with van der Waals surface area (Å²) < 4.78 is 5.24. The van der Waals surface area contributed by atoms with Gasteiger partial charge in [-0.05, 0) is 54.5 Å². The number of ether oxygens (including phenoxy) is 1. The van der Waals surface area contributed by atoms with E-state index >= 15 is 0 Å². The van der Waals surface area contributed by atoms with Gasteiger partial charge in [0.15, 0.2) is 0 Å². The Labute approximate surface area is 98.6 Å². The molecule has 0 aliphatic rings. The standard InChI is InChI=1S/C13H23NO2/c1-9(2)8-10(3)14-11(4)12(15)16-13(5,6)7/h8,11H,1-7H3. The molecule has 0 heterocycles. The van der Waals surface area contributed by atoms with Crippen LogP contribution in [0.25, 0.3) is 0 Å². The Morgan fingerprint density at radius 3 is 2.12 bits per heavy atom. The summed E-state index contributed by atoms with van der Waals surface area (Å²) in [7, 11) is 0. The summed E-state index contributed by atoms with van der Waals surface area (Å²) in [5.41, 5.74) is 1.56. The van der Waals surface area contributed by atoms with Gasteiger partial charge in [0, 0.05) is 5.71 Å². The molecular formula is C13H23NO2. The van der Waals surface area contributed by atoms with Crippen LogP contribution in [0.1, 0.15) is 48.5 Å². The van der Waals surface area contributed by atoms with Crippen LogP contribution >= 0.6 is 0 Å². The van der Waals surface area contributed by atoms with Crippen LogP contribution in [0.2, 0.25) is 0 Å². The first-order valence-corrected chi connectivity index (χ1v) is 5.54. The summed E-state index contributed by atoms with van der Waals surface area (Å²) in [5, 5.41) is 0. The summed E-state index contributed by atoms with van der Waals surface area (Å²) in [5.74, 6) is -0.283. The van der Waals surface area contributed by atoms with Crippen molar-refractivity contribution in [1.82, 2.24) is 0 Å². The van der Waals surface area contributed by atoms with Gasteiger partial charge in [-0.1, -0.05) is 5.57 Å². The predicted molar refractivity (Wildman–Crippen MR) is 67.8 cm³/mol. The van der Waals surface area contributed by atoms with Gasteiger partial charge >= 0.3 is 5.97 Å². The lowest BCUT2D eigenvalue weighted by atomic mass is 10.2. The van der Waals surface area contributed by atoms with Crippen molar-refractivity contribution in [3.63, 3.8) is 0 Å². The summed E-state index contributed by atoms with van der Waals surface area (Å²) in [6.45, 7) is 13.2. The first kappa shape index (κ1) is 14.9. The normalized spacial score (nSPS) is 14.3. The monoisotopic (exact) mass is 225 g/mol. The molecule has 92 valence electrons. The highest BCUT2D eigenvalue weighted by atomic mass is 16.6. The Bertz CT molecular complexity index is 304. The van der Waals surface area contributed by atoms with E-state index < -0.39 is 11.6 Å². The molecule has 0 radical (unpaired) electrons. The number of nitrogens with zero attached hydrogens (tertiary/aromatic N) is 1. The molecule has 0 aliphatic carbocycles. The molecule has 0 rings (SSSR count). The van der Waals surface area contributed by atoms with Crippen LogP contribution in [-0.2, 0) is 9.53 Å². The number of allylic oxidation sites excluding steroid dienone is 2. The number of aliphatic imine (C=N–C) groups is 1. The van der Waals surface area contributed by atoms with Gasteiger partial charge in [-0.2, -0.15) is 0 Å². The zero-order chi connectivity index (χ0) is 12.9. The van der Waals surface area contributed by atoms with Crippen LogP contribution in [0.4, 0.5) is 0 Å². The molecule has 0 aromatic heterocycles. The van der Waals surface area contributed by atoms with Crippen LogP contribution in [-0.4, -0.2) is 23.3 Å². The lowest BCUT2D eigenvalue weighted by Crippen LogP contribution is -2.29. The highest BCUT2D eigenvalue weighted by Gasteiger charge is 2.20. The summed E-state index contributed by atoms with van der Waals surface area (Å²) in [6, 6.07) is -0.449. The van der Waals surface area contributed by atoms with Crippen molar-refractivity contribution in [2.24, 2.45) is 4.99 Å². The van der Waals surface area contributed by atoms with Crippen molar-refractivity contribution in [3.8, 4) is 0 Å². The Hall–Kier alpha value is -1.12. The number of esters is 1. The van der Waals surface area contributed by atoms with E-state index in [0.717, 1.165) is 11.3 Å². The quantitative estimate of drug-likeness (QED) is 0.546. The van der Waals surface area contributed by atoms with Crippen LogP contribution in [0.15, 0.2) is 16.6 Å². The lowest BCUT2D eigenvalue weighted by molar-refractivity contribution is -0.155. The van der Waals surface area contributed by atoms with E-state index in [0.29, 0.717) is 0 Å². The Morgan fingerprint density at radius 1 is 1.25 bits per heavy atom. The van der Waals surface area contributed by atoms with Gasteiger partial charge in [0.05, 0.1) is 0 Å². The third kappa shape index (κ3) is 7.21. The highest BCUT2D eigenvalue weighted by molar-refractivity contribution is 5.95. The van der Waals surface area contributed by atoms with E-state index in [4.69, 9.17) is 4.74 Å². The molecule has 0 saturated heterocycles. The van der Waals surface area contributed by atoms with Crippen LogP contribution in [0.5, 0.6) is 0 Å². The van der Waals surface area contributed by atoms with Gasteiger partial charge in [0.2, 0.25) is 0 Å². The minimum Gasteiger partial charge on any atom is -0.458 e. The van der Waals surface area contributed by atoms with Gasteiger partial charge in [0.25, 0.3) is 0 Å². The molecule has 0 spiro atoms. The van der Waals surface area contributed by atoms with Gasteiger partial charge in [-0.3, -0.25) is 4.99 Å². The van der Waals surface area contributed by atoms with E-state index in [2.05, 4.69) is 4.99 Å². The maximum atomic E-state index is 11.6. The molecule has 1 unspecified atom stereocenters. The Morgan fingerprint density at radius 2 is 1.75 bits per heavy atom. The first-order chi connectivity index (χ1) is 7.11. The maximum absolute atomic E-state index is 11.6. The minimum atomic E-state index is -0.453. The molecular weight excluding hydrogens is 202 g/mol. The Balaban J connectivity index is 4.53. The second-order valence-electron chi connectivity index (χ2n) is 5.20. The molecule has 3 nitrogen and oxygen atoms in total. The number of rotatable bonds is 3. The molecule has 0 bridgehead atoms. The number of hydrogen-bond donors (Lipinski definition) is 0. The number of carbonyl (C=O) groups excluding carboxylic acids is 1. The van der Waals surface area contributed by atoms with Crippen LogP contribution in [0.3, 0.4) is 0 Å². The molecule has 0 aliphatic heterocycles. The first-order valence-electron chi connectivity index (χ1n) is 5.54. The van der Waals surface area contributed by atoms with Crippen molar-refractivity contribution in [3.05, 3.63) is 11.6 Å². The van der Waals surface area contributed by atoms with E-state index in [1.165, 1.54) is 0 Å². The molecule has 0 N–H and O–H groups in total. The highest BCUT2D eigenvalue weighted by Crippen LogP contribution is 2.09. The second kappa shape index (κ2) is 5.83. The van der Waals surface area contributed by atoms with Crippen molar-refractivity contribution in [2.45, 2.75) is 60.1 Å². The largest absolute Gasteiger partial charge is 0.458 e. The lowest BCUT2D eigenvalue weighted by Gasteiger charge is -2.21. The summed E-state index contributed by atoms with van der Waals surface area (Å²) in [6.07, 6.45) is 1.95. The van der Waals surface area contributed by atoms with Gasteiger partial charge in [-0.15, -0.1) is 0 Å². The fourth-order valence-corrected chi connectivity index (χ4v) is 1.20. The fraction of sp³-hybridized carbons (Fsp3) is 0.692. The maximum Gasteiger partial charge on any atom is 0.331 e. The van der Waals surface area contributed by atoms with Gasteiger partial charge in [0.1, 0.15) is 11.6 Å². The SMILES string of the molecule is CC(C)=CC(C)=NC(C)C(=O)OC(C)(C)C. The van der Waals surface area contributed by atoms with Crippen LogP contribution in [0, 0.1) is 0 Å². The third-order valence-corrected chi connectivity index (χ3v) is 1.64. The molecule has 0 amide bonds. The summed E-state index contributed by atoms with van der Waals surface area (Å²) >= 11 is 0. The van der Waals surface area contributed by atoms with Gasteiger partial charge < -0.3 is 4.74 Å². The van der Waals surface area contributed by atoms with E-state index in [1.54, 1.807) is 6.92 Å². The van der Waals surface area contributed by atoms with Crippen molar-refractivity contribution >= 4 is 11.7 Å². The molecule has 0 saturated carbocycles. The summed E-state index contributed by atoms with van der Waals surface area (Å²) in [4.78, 5) is 15.9. The minimum absolute atomic E-state index is 0.283. The Kier molecular flexibility index (Phi) is 5.42. The molecule has 0 aromatic rings. The predicted octanol–water partition coefficient (Wildman–Crippen LogP) is 3.14. The van der Waals surface area contributed by atoms with Gasteiger partial charge in [-0.25, -0.2) is 4.79 Å². The topological polar surface area (TPSA) is 38.7 Å². The van der Waals surface area contributed by atoms with Crippen LogP contribution < -0.4 is 0 Å². The average molecular weight is 225 g/mol. The zero-order valence-electron chi connectivity index (χ0n) is 11.4. The average Bonchev–Trinajstić information content (AvgIpc) is 1.98.